The molecule has 1 aliphatic rings. The van der Waals surface area contributed by atoms with Gasteiger partial charge in [0, 0.05) is 37.8 Å². The number of sulfone groups is 1. The summed E-state index contributed by atoms with van der Waals surface area (Å²) in [6.45, 7) is 3.06. The normalized spacial score (nSPS) is 14.0. The maximum absolute atomic E-state index is 14.0. The van der Waals surface area contributed by atoms with E-state index in [1.165, 1.54) is 29.3 Å². The van der Waals surface area contributed by atoms with Gasteiger partial charge in [-0.3, -0.25) is 14.6 Å². The molecule has 0 aliphatic carbocycles. The molecule has 1 saturated heterocycles. The average Bonchev–Trinajstić information content (AvgIpc) is 3.44. The molecular formula is C31H29N7O4S. The summed E-state index contributed by atoms with van der Waals surface area (Å²) in [5, 5.41) is 7.71. The predicted octanol–water partition coefficient (Wildman–Crippen LogP) is 3.65. The lowest BCUT2D eigenvalue weighted by molar-refractivity contribution is 0.101. The van der Waals surface area contributed by atoms with Crippen molar-refractivity contribution in [3.05, 3.63) is 109 Å². The second kappa shape index (κ2) is 11.7. The van der Waals surface area contributed by atoms with Crippen molar-refractivity contribution in [2.75, 3.05) is 48.9 Å². The Morgan fingerprint density at radius 2 is 1.58 bits per heavy atom. The number of carbonyl (C=O) groups is 2. The van der Waals surface area contributed by atoms with Crippen LogP contribution in [0.15, 0.2) is 107 Å². The molecule has 2 aromatic heterocycles. The van der Waals surface area contributed by atoms with E-state index in [-0.39, 0.29) is 21.0 Å². The highest BCUT2D eigenvalue weighted by Crippen LogP contribution is 2.30. The molecule has 3 aromatic carbocycles. The van der Waals surface area contributed by atoms with Crippen LogP contribution in [0.25, 0.3) is 10.9 Å². The first-order valence-electron chi connectivity index (χ1n) is 13.7. The molecule has 0 spiro atoms. The number of anilines is 2. The third-order valence-electron chi connectivity index (χ3n) is 7.37. The summed E-state index contributed by atoms with van der Waals surface area (Å²) in [5.74, 6) is -0.932. The zero-order chi connectivity index (χ0) is 30.0. The molecule has 3 heterocycles. The van der Waals surface area contributed by atoms with Crippen molar-refractivity contribution in [1.29, 1.82) is 0 Å². The Hall–Kier alpha value is -5.07. The Labute approximate surface area is 248 Å². The first kappa shape index (κ1) is 28.1. The lowest BCUT2D eigenvalue weighted by atomic mass is 10.1. The molecule has 2 N–H and O–H groups in total. The smallest absolute Gasteiger partial charge is 0.275 e. The molecular weight excluding hydrogens is 566 g/mol. The summed E-state index contributed by atoms with van der Waals surface area (Å²) >= 11 is 0. The van der Waals surface area contributed by atoms with Crippen molar-refractivity contribution in [3.8, 4) is 0 Å². The van der Waals surface area contributed by atoms with Gasteiger partial charge >= 0.3 is 0 Å². The lowest BCUT2D eigenvalue weighted by Gasteiger charge is -2.35. The number of nitrogens with one attached hydrogen (secondary N) is 2. The van der Waals surface area contributed by atoms with Gasteiger partial charge in [0.1, 0.15) is 5.69 Å². The Bertz CT molecular complexity index is 1900. The van der Waals surface area contributed by atoms with Crippen molar-refractivity contribution in [3.63, 3.8) is 0 Å². The fraction of sp³-hybridized carbons (Fsp3) is 0.161. The zero-order valence-corrected chi connectivity index (χ0v) is 24.2. The lowest BCUT2D eigenvalue weighted by Crippen LogP contribution is -2.45. The SMILES string of the molecule is CN1CCN(c2cccc(NC(=O)c3ccccn3)c2C(=O)Nn2ncc3cc(S(=O)(=O)c4ccccc4)ccc32)CC1. The molecule has 0 saturated carbocycles. The summed E-state index contributed by atoms with van der Waals surface area (Å²) in [4.78, 5) is 37.1. The number of nitrogens with zero attached hydrogens (tertiary/aromatic N) is 5. The van der Waals surface area contributed by atoms with Gasteiger partial charge in [0.15, 0.2) is 0 Å². The highest BCUT2D eigenvalue weighted by Gasteiger charge is 2.25. The maximum Gasteiger partial charge on any atom is 0.275 e. The maximum atomic E-state index is 14.0. The summed E-state index contributed by atoms with van der Waals surface area (Å²) in [6.07, 6.45) is 3.03. The summed E-state index contributed by atoms with van der Waals surface area (Å²) < 4.78 is 26.3. The van der Waals surface area contributed by atoms with Crippen LogP contribution in [-0.2, 0) is 9.84 Å². The van der Waals surface area contributed by atoms with Crippen LogP contribution >= 0.6 is 0 Å². The molecule has 0 atom stereocenters. The van der Waals surface area contributed by atoms with Crippen LogP contribution in [-0.4, -0.2) is 73.2 Å². The van der Waals surface area contributed by atoms with Crippen LogP contribution in [0.2, 0.25) is 0 Å². The van der Waals surface area contributed by atoms with E-state index in [2.05, 4.69) is 30.6 Å². The van der Waals surface area contributed by atoms with Gasteiger partial charge in [-0.05, 0) is 61.6 Å². The molecule has 0 radical (unpaired) electrons. The molecule has 1 aliphatic heterocycles. The van der Waals surface area contributed by atoms with Gasteiger partial charge in [0.05, 0.1) is 38.4 Å². The van der Waals surface area contributed by atoms with Gasteiger partial charge in [-0.1, -0.05) is 30.3 Å². The number of fused-ring (bicyclic) bond motifs is 1. The van der Waals surface area contributed by atoms with Crippen LogP contribution in [0.3, 0.4) is 0 Å². The highest BCUT2D eigenvalue weighted by molar-refractivity contribution is 7.91. The molecule has 0 bridgehead atoms. The van der Waals surface area contributed by atoms with Gasteiger partial charge in [-0.25, -0.2) is 13.8 Å². The Balaban J connectivity index is 1.33. The quantitative estimate of drug-likeness (QED) is 0.292. The standard InChI is InChI=1S/C31H29N7O4S/c1-36-16-18-37(19-17-36)28-12-7-11-25(34-30(39)26-10-5-6-15-32-26)29(28)31(40)35-38-27-14-13-24(20-22(27)21-33-38)43(41,42)23-8-3-2-4-9-23/h2-15,20-21H,16-19H2,1H3,(H,34,39)(H,35,40). The molecule has 43 heavy (non-hydrogen) atoms. The summed E-state index contributed by atoms with van der Waals surface area (Å²) in [5.41, 5.74) is 4.85. The van der Waals surface area contributed by atoms with Crippen LogP contribution in [0.4, 0.5) is 11.4 Å². The third kappa shape index (κ3) is 5.70. The molecule has 12 heteroatoms. The number of rotatable bonds is 7. The molecule has 5 aromatic rings. The van der Waals surface area contributed by atoms with Crippen LogP contribution in [0, 0.1) is 0 Å². The second-order valence-corrected chi connectivity index (χ2v) is 12.1. The van der Waals surface area contributed by atoms with E-state index in [0.29, 0.717) is 35.4 Å². The molecule has 6 rings (SSSR count). The predicted molar refractivity (Wildman–Crippen MR) is 164 cm³/mol. The molecule has 2 amide bonds. The monoisotopic (exact) mass is 595 g/mol. The van der Waals surface area contributed by atoms with E-state index < -0.39 is 21.7 Å². The van der Waals surface area contributed by atoms with E-state index in [4.69, 9.17) is 0 Å². The highest BCUT2D eigenvalue weighted by atomic mass is 32.2. The van der Waals surface area contributed by atoms with E-state index in [1.54, 1.807) is 66.7 Å². The van der Waals surface area contributed by atoms with E-state index in [9.17, 15) is 18.0 Å². The number of benzene rings is 3. The molecule has 11 nitrogen and oxygen atoms in total. The topological polar surface area (TPSA) is 130 Å². The van der Waals surface area contributed by atoms with Crippen molar-refractivity contribution < 1.29 is 18.0 Å². The summed E-state index contributed by atoms with van der Waals surface area (Å²) in [6, 6.07) is 23.2. The number of hydrogen-bond acceptors (Lipinski definition) is 8. The Morgan fingerprint density at radius 1 is 0.814 bits per heavy atom. The number of carbonyl (C=O) groups excluding carboxylic acids is 2. The minimum Gasteiger partial charge on any atom is -0.368 e. The second-order valence-electron chi connectivity index (χ2n) is 10.2. The van der Waals surface area contributed by atoms with Gasteiger partial charge in [0.25, 0.3) is 11.8 Å². The fourth-order valence-electron chi connectivity index (χ4n) is 5.03. The summed E-state index contributed by atoms with van der Waals surface area (Å²) in [7, 11) is -1.68. The first-order valence-corrected chi connectivity index (χ1v) is 15.2. The van der Waals surface area contributed by atoms with Gasteiger partial charge in [-0.2, -0.15) is 9.89 Å². The molecule has 0 unspecified atom stereocenters. The average molecular weight is 596 g/mol. The minimum atomic E-state index is -3.73. The molecule has 1 fully saturated rings. The molecule has 218 valence electrons. The van der Waals surface area contributed by atoms with E-state index in [0.717, 1.165) is 13.1 Å². The Morgan fingerprint density at radius 3 is 2.33 bits per heavy atom. The number of hydrogen-bond donors (Lipinski definition) is 2. The van der Waals surface area contributed by atoms with E-state index >= 15 is 0 Å². The van der Waals surface area contributed by atoms with Gasteiger partial charge < -0.3 is 15.1 Å². The number of likely N-dealkylation sites (N-methyl/N-ethyl adjacent to an activating group) is 1. The third-order valence-corrected chi connectivity index (χ3v) is 9.14. The van der Waals surface area contributed by atoms with Crippen molar-refractivity contribution in [1.82, 2.24) is 19.8 Å². The zero-order valence-electron chi connectivity index (χ0n) is 23.3. The van der Waals surface area contributed by atoms with Crippen LogP contribution in [0.5, 0.6) is 0 Å². The van der Waals surface area contributed by atoms with E-state index in [1.807, 2.05) is 13.1 Å². The van der Waals surface area contributed by atoms with Gasteiger partial charge in [-0.15, -0.1) is 0 Å². The number of pyridine rings is 1. The number of aromatic nitrogens is 3. The minimum absolute atomic E-state index is 0.122. The van der Waals surface area contributed by atoms with Crippen molar-refractivity contribution in [2.24, 2.45) is 0 Å². The van der Waals surface area contributed by atoms with Crippen LogP contribution < -0.4 is 15.6 Å². The fourth-order valence-corrected chi connectivity index (χ4v) is 6.35. The first-order chi connectivity index (χ1) is 20.8. The van der Waals surface area contributed by atoms with Crippen molar-refractivity contribution in [2.45, 2.75) is 9.79 Å². The number of piperazine rings is 1. The van der Waals surface area contributed by atoms with Crippen LogP contribution in [0.1, 0.15) is 20.8 Å². The number of amides is 2. The Kier molecular flexibility index (Phi) is 7.61. The van der Waals surface area contributed by atoms with Crippen molar-refractivity contribution >= 4 is 43.9 Å². The van der Waals surface area contributed by atoms with Gasteiger partial charge in [0.2, 0.25) is 9.84 Å². The largest absolute Gasteiger partial charge is 0.368 e.